The molecule has 166 valence electrons. The number of aromatic nitrogens is 2. The Labute approximate surface area is 193 Å². The normalized spacial score (nSPS) is 11.3. The second kappa shape index (κ2) is 11.4. The second-order valence-corrected chi connectivity index (χ2v) is 8.37. The van der Waals surface area contributed by atoms with Gasteiger partial charge in [0.25, 0.3) is 5.91 Å². The van der Waals surface area contributed by atoms with Gasteiger partial charge in [0.15, 0.2) is 5.16 Å². The molecule has 3 rings (SSSR count). The van der Waals surface area contributed by atoms with Crippen molar-refractivity contribution in [2.45, 2.75) is 45.0 Å². The van der Waals surface area contributed by atoms with Gasteiger partial charge < -0.3 is 4.74 Å². The van der Waals surface area contributed by atoms with E-state index in [-0.39, 0.29) is 5.91 Å². The predicted molar refractivity (Wildman–Crippen MR) is 129 cm³/mol. The molecule has 0 atom stereocenters. The van der Waals surface area contributed by atoms with E-state index in [4.69, 9.17) is 4.74 Å². The van der Waals surface area contributed by atoms with Crippen LogP contribution in [-0.4, -0.2) is 28.2 Å². The number of amides is 1. The minimum absolute atomic E-state index is 0.246. The zero-order valence-electron chi connectivity index (χ0n) is 18.9. The number of ether oxygens (including phenoxy) is 1. The maximum absolute atomic E-state index is 12.5. The Morgan fingerprint density at radius 2 is 1.62 bits per heavy atom. The number of hydrazone groups is 1. The minimum atomic E-state index is -0.246. The van der Waals surface area contributed by atoms with Gasteiger partial charge in [0.05, 0.1) is 12.3 Å². The topological polar surface area (TPSA) is 76.5 Å². The number of carbonyl (C=O) groups excluding carboxylic acids is 1. The fourth-order valence-electron chi connectivity index (χ4n) is 2.93. The number of aryl methyl sites for hydroxylation is 2. The molecule has 0 spiro atoms. The van der Waals surface area contributed by atoms with Crippen molar-refractivity contribution >= 4 is 23.4 Å². The van der Waals surface area contributed by atoms with Crippen LogP contribution in [0.25, 0.3) is 0 Å². The number of nitrogens with one attached hydrogen (secondary N) is 1. The maximum atomic E-state index is 12.5. The van der Waals surface area contributed by atoms with E-state index in [0.29, 0.717) is 12.2 Å². The Kier molecular flexibility index (Phi) is 8.39. The number of nitrogens with zero attached hydrogens (tertiary/aromatic N) is 3. The van der Waals surface area contributed by atoms with Crippen LogP contribution in [0, 0.1) is 13.8 Å². The highest BCUT2D eigenvalue weighted by Gasteiger charge is 2.07. The first-order valence-corrected chi connectivity index (χ1v) is 11.5. The lowest BCUT2D eigenvalue weighted by Crippen LogP contribution is -2.19. The van der Waals surface area contributed by atoms with Crippen molar-refractivity contribution in [1.82, 2.24) is 15.4 Å². The summed E-state index contributed by atoms with van der Waals surface area (Å²) in [5, 5.41) is 5.00. The molecule has 0 aliphatic heterocycles. The summed E-state index contributed by atoms with van der Waals surface area (Å²) in [5.74, 6) is 1.32. The van der Waals surface area contributed by atoms with Gasteiger partial charge in [0.2, 0.25) is 0 Å². The standard InChI is InChI=1S/C25H28N4O2S/c1-5-14-31-23-12-10-21(11-13-23)19(4)28-29-24(30)22-8-6-20(7-9-22)16-32-25-26-17(2)15-18(3)27-25/h6-13,15H,5,14,16H2,1-4H3,(H,29,30)/b28-19+. The van der Waals surface area contributed by atoms with Crippen molar-refractivity contribution in [2.75, 3.05) is 6.61 Å². The summed E-state index contributed by atoms with van der Waals surface area (Å²) in [6.45, 7) is 8.55. The predicted octanol–water partition coefficient (Wildman–Crippen LogP) is 5.33. The van der Waals surface area contributed by atoms with Crippen LogP contribution in [0.4, 0.5) is 0 Å². The van der Waals surface area contributed by atoms with Crippen LogP contribution in [0.1, 0.15) is 53.1 Å². The first-order valence-electron chi connectivity index (χ1n) is 10.6. The Bertz CT molecular complexity index is 1060. The highest BCUT2D eigenvalue weighted by atomic mass is 32.2. The molecular formula is C25H28N4O2S. The molecule has 1 N–H and O–H groups in total. The van der Waals surface area contributed by atoms with Crippen LogP contribution in [-0.2, 0) is 5.75 Å². The van der Waals surface area contributed by atoms with Crippen LogP contribution in [0.15, 0.2) is 64.9 Å². The molecule has 0 aliphatic carbocycles. The lowest BCUT2D eigenvalue weighted by Gasteiger charge is -2.07. The smallest absolute Gasteiger partial charge is 0.271 e. The summed E-state index contributed by atoms with van der Waals surface area (Å²) in [6.07, 6.45) is 0.967. The van der Waals surface area contributed by atoms with Gasteiger partial charge in [-0.05, 0) is 80.8 Å². The lowest BCUT2D eigenvalue weighted by atomic mass is 10.1. The van der Waals surface area contributed by atoms with Gasteiger partial charge in [-0.3, -0.25) is 4.79 Å². The maximum Gasteiger partial charge on any atom is 0.271 e. The largest absolute Gasteiger partial charge is 0.494 e. The molecule has 0 radical (unpaired) electrons. The summed E-state index contributed by atoms with van der Waals surface area (Å²) in [6, 6.07) is 17.1. The molecule has 0 bridgehead atoms. The SMILES string of the molecule is CCCOc1ccc(/C(C)=N/NC(=O)c2ccc(CSc3nc(C)cc(C)n3)cc2)cc1. The Morgan fingerprint density at radius 1 is 1.00 bits per heavy atom. The van der Waals surface area contributed by atoms with E-state index < -0.39 is 0 Å². The molecule has 0 saturated heterocycles. The molecule has 32 heavy (non-hydrogen) atoms. The van der Waals surface area contributed by atoms with Crippen molar-refractivity contribution in [3.05, 3.63) is 82.7 Å². The van der Waals surface area contributed by atoms with Crippen LogP contribution < -0.4 is 10.2 Å². The fraction of sp³-hybridized carbons (Fsp3) is 0.280. The Balaban J connectivity index is 1.54. The molecule has 1 aromatic heterocycles. The third kappa shape index (κ3) is 6.92. The van der Waals surface area contributed by atoms with Crippen molar-refractivity contribution in [3.8, 4) is 5.75 Å². The zero-order valence-corrected chi connectivity index (χ0v) is 19.7. The van der Waals surface area contributed by atoms with Crippen LogP contribution in [0.5, 0.6) is 5.75 Å². The van der Waals surface area contributed by atoms with Gasteiger partial charge in [0, 0.05) is 22.7 Å². The molecule has 3 aromatic rings. The van der Waals surface area contributed by atoms with E-state index in [9.17, 15) is 4.79 Å². The molecular weight excluding hydrogens is 420 g/mol. The van der Waals surface area contributed by atoms with E-state index >= 15 is 0 Å². The van der Waals surface area contributed by atoms with Gasteiger partial charge >= 0.3 is 0 Å². The second-order valence-electron chi connectivity index (χ2n) is 7.43. The van der Waals surface area contributed by atoms with E-state index in [1.165, 1.54) is 0 Å². The molecule has 0 fully saturated rings. The summed E-state index contributed by atoms with van der Waals surface area (Å²) >= 11 is 1.58. The molecule has 1 heterocycles. The number of hydrogen-bond acceptors (Lipinski definition) is 6. The van der Waals surface area contributed by atoms with Crippen molar-refractivity contribution in [3.63, 3.8) is 0 Å². The number of benzene rings is 2. The minimum Gasteiger partial charge on any atom is -0.494 e. The first-order chi connectivity index (χ1) is 15.4. The Morgan fingerprint density at radius 3 is 2.25 bits per heavy atom. The van der Waals surface area contributed by atoms with Crippen molar-refractivity contribution in [2.24, 2.45) is 5.10 Å². The van der Waals surface area contributed by atoms with E-state index in [1.54, 1.807) is 23.9 Å². The number of rotatable bonds is 9. The summed E-state index contributed by atoms with van der Waals surface area (Å²) in [4.78, 5) is 21.3. The van der Waals surface area contributed by atoms with Crippen molar-refractivity contribution < 1.29 is 9.53 Å². The monoisotopic (exact) mass is 448 g/mol. The average molecular weight is 449 g/mol. The number of thioether (sulfide) groups is 1. The lowest BCUT2D eigenvalue weighted by molar-refractivity contribution is 0.0955. The summed E-state index contributed by atoms with van der Waals surface area (Å²) in [5.41, 5.74) is 7.86. The Hall–Kier alpha value is -3.19. The highest BCUT2D eigenvalue weighted by Crippen LogP contribution is 2.20. The molecule has 0 unspecified atom stereocenters. The van der Waals surface area contributed by atoms with Gasteiger partial charge in [-0.1, -0.05) is 30.8 Å². The van der Waals surface area contributed by atoms with E-state index in [1.807, 2.05) is 63.2 Å². The van der Waals surface area contributed by atoms with Crippen LogP contribution in [0.3, 0.4) is 0 Å². The van der Waals surface area contributed by atoms with Crippen LogP contribution >= 0.6 is 11.8 Å². The fourth-order valence-corrected chi connectivity index (χ4v) is 3.84. The molecule has 2 aromatic carbocycles. The molecule has 0 aliphatic rings. The van der Waals surface area contributed by atoms with Crippen LogP contribution in [0.2, 0.25) is 0 Å². The van der Waals surface area contributed by atoms with Gasteiger partial charge in [0.1, 0.15) is 5.75 Å². The van der Waals surface area contributed by atoms with E-state index in [2.05, 4.69) is 27.4 Å². The molecule has 7 heteroatoms. The third-order valence-corrected chi connectivity index (χ3v) is 5.53. The van der Waals surface area contributed by atoms with Gasteiger partial charge in [-0.2, -0.15) is 5.10 Å². The third-order valence-electron chi connectivity index (χ3n) is 4.62. The summed E-state index contributed by atoms with van der Waals surface area (Å²) < 4.78 is 5.59. The van der Waals surface area contributed by atoms with Gasteiger partial charge in [-0.25, -0.2) is 15.4 Å². The van der Waals surface area contributed by atoms with Gasteiger partial charge in [-0.15, -0.1) is 0 Å². The summed E-state index contributed by atoms with van der Waals surface area (Å²) in [7, 11) is 0. The zero-order chi connectivity index (χ0) is 22.9. The quantitative estimate of drug-likeness (QED) is 0.207. The number of hydrogen-bond donors (Lipinski definition) is 1. The molecule has 6 nitrogen and oxygen atoms in total. The first kappa shape index (κ1) is 23.5. The molecule has 0 saturated carbocycles. The molecule has 1 amide bonds. The van der Waals surface area contributed by atoms with Crippen molar-refractivity contribution in [1.29, 1.82) is 0 Å². The number of carbonyl (C=O) groups is 1. The average Bonchev–Trinajstić information content (AvgIpc) is 2.79. The van der Waals surface area contributed by atoms with E-state index in [0.717, 1.165) is 51.3 Å². The highest BCUT2D eigenvalue weighted by molar-refractivity contribution is 7.98.